The Hall–Kier alpha value is -1.30. The van der Waals surface area contributed by atoms with Crippen LogP contribution in [0.4, 0.5) is 4.79 Å². The van der Waals surface area contributed by atoms with E-state index in [4.69, 9.17) is 5.11 Å². The molecule has 6 nitrogen and oxygen atoms in total. The minimum absolute atomic E-state index is 0.0487. The van der Waals surface area contributed by atoms with Gasteiger partial charge in [0.1, 0.15) is 0 Å². The highest BCUT2D eigenvalue weighted by molar-refractivity contribution is 5.74. The zero-order valence-electron chi connectivity index (χ0n) is 9.25. The number of urea groups is 1. The molecule has 0 heterocycles. The highest BCUT2D eigenvalue weighted by atomic mass is 16.3. The summed E-state index contributed by atoms with van der Waals surface area (Å²) in [4.78, 5) is 23.4. The number of aliphatic hydroxyl groups excluding tert-OH is 1. The van der Waals surface area contributed by atoms with Gasteiger partial charge in [-0.2, -0.15) is 0 Å². The number of carbonyl (C=O) groups is 2. The Kier molecular flexibility index (Phi) is 7.35. The largest absolute Gasteiger partial charge is 0.395 e. The van der Waals surface area contributed by atoms with Crippen molar-refractivity contribution in [2.75, 3.05) is 32.8 Å². The van der Waals surface area contributed by atoms with Gasteiger partial charge < -0.3 is 20.6 Å². The zero-order chi connectivity index (χ0) is 11.7. The monoisotopic (exact) mass is 217 g/mol. The van der Waals surface area contributed by atoms with Gasteiger partial charge in [-0.05, 0) is 6.92 Å². The fourth-order valence-electron chi connectivity index (χ4n) is 1.04. The molecule has 0 aromatic carbocycles. The molecule has 0 spiro atoms. The fourth-order valence-corrected chi connectivity index (χ4v) is 1.04. The number of amides is 3. The number of nitrogens with zero attached hydrogens (tertiary/aromatic N) is 1. The summed E-state index contributed by atoms with van der Waals surface area (Å²) in [5.74, 6) is -0.119. The van der Waals surface area contributed by atoms with E-state index in [1.807, 2.05) is 6.92 Å². The van der Waals surface area contributed by atoms with E-state index in [9.17, 15) is 9.59 Å². The first-order valence-corrected chi connectivity index (χ1v) is 4.99. The quantitative estimate of drug-likeness (QED) is 0.507. The predicted molar refractivity (Wildman–Crippen MR) is 56.4 cm³/mol. The van der Waals surface area contributed by atoms with Crippen molar-refractivity contribution in [2.45, 2.75) is 13.8 Å². The summed E-state index contributed by atoms with van der Waals surface area (Å²) in [6, 6.07) is -0.225. The molecule has 3 N–H and O–H groups in total. The van der Waals surface area contributed by atoms with Crippen molar-refractivity contribution in [3.8, 4) is 0 Å². The average molecular weight is 217 g/mol. The molecule has 0 atom stereocenters. The van der Waals surface area contributed by atoms with Crippen molar-refractivity contribution >= 4 is 11.9 Å². The van der Waals surface area contributed by atoms with Crippen molar-refractivity contribution in [1.82, 2.24) is 15.5 Å². The molecule has 0 fully saturated rings. The highest BCUT2D eigenvalue weighted by Crippen LogP contribution is 1.87. The average Bonchev–Trinajstić information content (AvgIpc) is 2.20. The lowest BCUT2D eigenvalue weighted by Crippen LogP contribution is -2.43. The molecule has 0 bridgehead atoms. The Morgan fingerprint density at radius 1 is 1.27 bits per heavy atom. The van der Waals surface area contributed by atoms with Gasteiger partial charge in [-0.1, -0.05) is 0 Å². The summed E-state index contributed by atoms with van der Waals surface area (Å²) in [6.45, 7) is 4.88. The van der Waals surface area contributed by atoms with Crippen molar-refractivity contribution < 1.29 is 14.7 Å². The molecule has 0 aliphatic rings. The number of aliphatic hydroxyl groups is 1. The SMILES string of the molecule is CCN(CCO)C(=O)NCCNC(C)=O. The van der Waals surface area contributed by atoms with Crippen LogP contribution in [0.5, 0.6) is 0 Å². The predicted octanol–water partition coefficient (Wildman–Crippen LogP) is -0.854. The molecule has 6 heteroatoms. The van der Waals surface area contributed by atoms with E-state index in [1.54, 1.807) is 0 Å². The molecule has 88 valence electrons. The molecule has 15 heavy (non-hydrogen) atoms. The molecule has 0 aliphatic carbocycles. The van der Waals surface area contributed by atoms with E-state index in [-0.39, 0.29) is 18.5 Å². The van der Waals surface area contributed by atoms with E-state index >= 15 is 0 Å². The lowest BCUT2D eigenvalue weighted by molar-refractivity contribution is -0.118. The maximum absolute atomic E-state index is 11.4. The third kappa shape index (κ3) is 6.73. The smallest absolute Gasteiger partial charge is 0.317 e. The molecule has 0 aromatic heterocycles. The molecule has 0 saturated heterocycles. The molecule has 0 unspecified atom stereocenters. The fraction of sp³-hybridized carbons (Fsp3) is 0.778. The van der Waals surface area contributed by atoms with Crippen LogP contribution in [0.1, 0.15) is 13.8 Å². The Morgan fingerprint density at radius 3 is 2.33 bits per heavy atom. The molecule has 0 saturated carbocycles. The van der Waals surface area contributed by atoms with Gasteiger partial charge in [-0.15, -0.1) is 0 Å². The molecule has 0 radical (unpaired) electrons. The number of carbonyl (C=O) groups excluding carboxylic acids is 2. The third-order valence-electron chi connectivity index (χ3n) is 1.81. The van der Waals surface area contributed by atoms with Crippen LogP contribution in [0.25, 0.3) is 0 Å². The number of likely N-dealkylation sites (N-methyl/N-ethyl adjacent to an activating group) is 1. The number of hydrogen-bond acceptors (Lipinski definition) is 3. The van der Waals surface area contributed by atoms with Crippen LogP contribution in [0.15, 0.2) is 0 Å². The lowest BCUT2D eigenvalue weighted by Gasteiger charge is -2.20. The first-order valence-electron chi connectivity index (χ1n) is 4.99. The van der Waals surface area contributed by atoms with Crippen LogP contribution in [0.2, 0.25) is 0 Å². The first kappa shape index (κ1) is 13.7. The van der Waals surface area contributed by atoms with Crippen LogP contribution < -0.4 is 10.6 Å². The van der Waals surface area contributed by atoms with E-state index < -0.39 is 0 Å². The second-order valence-electron chi connectivity index (χ2n) is 3.02. The summed E-state index contributed by atoms with van der Waals surface area (Å²) in [6.07, 6.45) is 0. The van der Waals surface area contributed by atoms with Crippen LogP contribution >= 0.6 is 0 Å². The summed E-state index contributed by atoms with van der Waals surface area (Å²) in [5.41, 5.74) is 0. The summed E-state index contributed by atoms with van der Waals surface area (Å²) in [7, 11) is 0. The maximum Gasteiger partial charge on any atom is 0.317 e. The number of nitrogens with one attached hydrogen (secondary N) is 2. The van der Waals surface area contributed by atoms with Crippen LogP contribution in [-0.2, 0) is 4.79 Å². The Morgan fingerprint density at radius 2 is 1.87 bits per heavy atom. The summed E-state index contributed by atoms with van der Waals surface area (Å²) < 4.78 is 0. The molecule has 0 aliphatic heterocycles. The normalized spacial score (nSPS) is 9.53. The second kappa shape index (κ2) is 8.05. The first-order chi connectivity index (χ1) is 7.11. The van der Waals surface area contributed by atoms with Gasteiger partial charge in [0, 0.05) is 33.1 Å². The summed E-state index contributed by atoms with van der Waals surface area (Å²) >= 11 is 0. The molecule has 3 amide bonds. The van der Waals surface area contributed by atoms with Crippen LogP contribution in [-0.4, -0.2) is 54.7 Å². The Balaban J connectivity index is 3.66. The van der Waals surface area contributed by atoms with Crippen LogP contribution in [0.3, 0.4) is 0 Å². The third-order valence-corrected chi connectivity index (χ3v) is 1.81. The van der Waals surface area contributed by atoms with Gasteiger partial charge >= 0.3 is 6.03 Å². The minimum Gasteiger partial charge on any atom is -0.395 e. The van der Waals surface area contributed by atoms with Gasteiger partial charge in [-0.25, -0.2) is 4.79 Å². The standard InChI is InChI=1S/C9H19N3O3/c1-3-12(6-7-13)9(15)11-5-4-10-8(2)14/h13H,3-7H2,1-2H3,(H,10,14)(H,11,15). The molecule has 0 rings (SSSR count). The van der Waals surface area contributed by atoms with Gasteiger partial charge in [-0.3, -0.25) is 4.79 Å². The number of rotatable bonds is 6. The van der Waals surface area contributed by atoms with E-state index in [0.29, 0.717) is 26.2 Å². The zero-order valence-corrected chi connectivity index (χ0v) is 9.25. The van der Waals surface area contributed by atoms with Crippen molar-refractivity contribution in [3.05, 3.63) is 0 Å². The van der Waals surface area contributed by atoms with Gasteiger partial charge in [0.15, 0.2) is 0 Å². The minimum atomic E-state index is -0.225. The second-order valence-corrected chi connectivity index (χ2v) is 3.02. The highest BCUT2D eigenvalue weighted by Gasteiger charge is 2.08. The number of hydrogen-bond donors (Lipinski definition) is 3. The van der Waals surface area contributed by atoms with Gasteiger partial charge in [0.05, 0.1) is 6.61 Å². The van der Waals surface area contributed by atoms with Gasteiger partial charge in [0.2, 0.25) is 5.91 Å². The van der Waals surface area contributed by atoms with Crippen molar-refractivity contribution in [1.29, 1.82) is 0 Å². The maximum atomic E-state index is 11.4. The van der Waals surface area contributed by atoms with E-state index in [0.717, 1.165) is 0 Å². The van der Waals surface area contributed by atoms with Gasteiger partial charge in [0.25, 0.3) is 0 Å². The lowest BCUT2D eigenvalue weighted by atomic mass is 10.5. The topological polar surface area (TPSA) is 81.7 Å². The molecular weight excluding hydrogens is 198 g/mol. The van der Waals surface area contributed by atoms with Crippen molar-refractivity contribution in [2.24, 2.45) is 0 Å². The summed E-state index contributed by atoms with van der Waals surface area (Å²) in [5, 5.41) is 13.9. The Bertz CT molecular complexity index is 209. The van der Waals surface area contributed by atoms with Crippen molar-refractivity contribution in [3.63, 3.8) is 0 Å². The Labute approximate surface area is 89.6 Å². The molecular formula is C9H19N3O3. The molecule has 0 aromatic rings. The van der Waals surface area contributed by atoms with E-state index in [1.165, 1.54) is 11.8 Å². The van der Waals surface area contributed by atoms with E-state index in [2.05, 4.69) is 10.6 Å². The van der Waals surface area contributed by atoms with Crippen LogP contribution in [0, 0.1) is 0 Å².